The van der Waals surface area contributed by atoms with Crippen LogP contribution in [0, 0.1) is 0 Å². The Kier molecular flexibility index (Phi) is 33.6. The van der Waals surface area contributed by atoms with Crippen LogP contribution in [-0.2, 0) is 38.0 Å². The Morgan fingerprint density at radius 1 is 0.500 bits per heavy atom. The fourth-order valence-electron chi connectivity index (χ4n) is 7.78. The first-order valence-electron chi connectivity index (χ1n) is 24.9. The third-order valence-electron chi connectivity index (χ3n) is 11.9. The van der Waals surface area contributed by atoms with Crippen LogP contribution < -0.4 is 0 Å². The Balaban J connectivity index is 1.82. The molecule has 0 radical (unpaired) electrons. The molecular formula is C49H88O15. The van der Waals surface area contributed by atoms with Crippen molar-refractivity contribution in [1.82, 2.24) is 0 Å². The van der Waals surface area contributed by atoms with Crippen molar-refractivity contribution < 1.29 is 73.8 Å². The molecule has 2 aliphatic heterocycles. The van der Waals surface area contributed by atoms with Crippen LogP contribution in [0.25, 0.3) is 0 Å². The second-order valence-corrected chi connectivity index (χ2v) is 17.6. The lowest BCUT2D eigenvalue weighted by atomic mass is 9.98. The number of allylic oxidation sites excluding steroid dienone is 4. The van der Waals surface area contributed by atoms with Gasteiger partial charge in [0.25, 0.3) is 0 Å². The predicted octanol–water partition coefficient (Wildman–Crippen LogP) is 6.38. The van der Waals surface area contributed by atoms with Crippen LogP contribution in [0.3, 0.4) is 0 Å². The van der Waals surface area contributed by atoms with E-state index in [0.717, 1.165) is 64.2 Å². The molecule has 0 aromatic heterocycles. The van der Waals surface area contributed by atoms with Crippen LogP contribution >= 0.6 is 0 Å². The standard InChI is InChI=1S/C49H88O15/c1-3-5-7-9-11-13-15-16-17-18-19-20-22-24-26-28-30-32-41(52)62-37(34-59-40(51)31-29-27-25-23-21-14-12-10-8-6-4-2)35-60-48-47(58)45(56)43(54)39(64-48)36-61-49-46(57)44(55)42(53)38(33-50)63-49/h11,13,16-17,37-39,42-50,53-58H,3-10,12,14-15,18-36H2,1-2H3/b13-11-,17-16-. The molecule has 11 unspecified atom stereocenters. The molecular weight excluding hydrogens is 829 g/mol. The van der Waals surface area contributed by atoms with Crippen molar-refractivity contribution in [1.29, 1.82) is 0 Å². The summed E-state index contributed by atoms with van der Waals surface area (Å²) in [5.74, 6) is -0.930. The van der Waals surface area contributed by atoms with Gasteiger partial charge < -0.3 is 64.2 Å². The number of aliphatic hydroxyl groups excluding tert-OH is 7. The number of esters is 2. The lowest BCUT2D eigenvalue weighted by Gasteiger charge is -2.42. The maximum Gasteiger partial charge on any atom is 0.306 e. The highest BCUT2D eigenvalue weighted by atomic mass is 16.7. The summed E-state index contributed by atoms with van der Waals surface area (Å²) in [4.78, 5) is 25.7. The number of carbonyl (C=O) groups is 2. The van der Waals surface area contributed by atoms with Crippen LogP contribution in [0.2, 0.25) is 0 Å². The summed E-state index contributed by atoms with van der Waals surface area (Å²) in [5.41, 5.74) is 0. The van der Waals surface area contributed by atoms with E-state index in [0.29, 0.717) is 12.8 Å². The Hall–Kier alpha value is -2.02. The van der Waals surface area contributed by atoms with E-state index < -0.39 is 92.7 Å². The largest absolute Gasteiger partial charge is 0.462 e. The molecule has 0 spiro atoms. The number of hydrogen-bond acceptors (Lipinski definition) is 15. The highest BCUT2D eigenvalue weighted by Gasteiger charge is 2.47. The molecule has 64 heavy (non-hydrogen) atoms. The first-order chi connectivity index (χ1) is 31.0. The van der Waals surface area contributed by atoms with Gasteiger partial charge >= 0.3 is 11.9 Å². The Morgan fingerprint density at radius 3 is 1.48 bits per heavy atom. The predicted molar refractivity (Wildman–Crippen MR) is 243 cm³/mol. The number of hydrogen-bond donors (Lipinski definition) is 7. The summed E-state index contributed by atoms with van der Waals surface area (Å²) in [5, 5.41) is 72.0. The lowest BCUT2D eigenvalue weighted by Crippen LogP contribution is -2.61. The molecule has 2 heterocycles. The molecule has 0 aliphatic carbocycles. The van der Waals surface area contributed by atoms with Crippen molar-refractivity contribution in [2.24, 2.45) is 0 Å². The summed E-state index contributed by atoms with van der Waals surface area (Å²) < 4.78 is 33.5. The SMILES string of the molecule is CCCCC/C=C\C/C=C\CCCCCCCCCC(=O)OC(COC(=O)CCCCCCCCCCCCC)COC1OC(COC2OC(CO)C(O)C(O)C2O)C(O)C(O)C1O. The minimum absolute atomic E-state index is 0.159. The number of carbonyl (C=O) groups excluding carboxylic acids is 2. The fraction of sp³-hybridized carbons (Fsp3) is 0.878. The summed E-state index contributed by atoms with van der Waals surface area (Å²) in [7, 11) is 0. The minimum atomic E-state index is -1.76. The number of unbranched alkanes of at least 4 members (excludes halogenated alkanes) is 20. The molecule has 15 nitrogen and oxygen atoms in total. The van der Waals surface area contributed by atoms with E-state index in [9.17, 15) is 45.3 Å². The fourth-order valence-corrected chi connectivity index (χ4v) is 7.78. The third-order valence-corrected chi connectivity index (χ3v) is 11.9. The topological polar surface area (TPSA) is 231 Å². The van der Waals surface area contributed by atoms with Crippen LogP contribution in [-0.4, -0.2) is 142 Å². The van der Waals surface area contributed by atoms with Crippen LogP contribution in [0.15, 0.2) is 24.3 Å². The third kappa shape index (κ3) is 25.2. The van der Waals surface area contributed by atoms with E-state index in [1.807, 2.05) is 0 Å². The Bertz CT molecular complexity index is 1220. The zero-order chi connectivity index (χ0) is 46.8. The van der Waals surface area contributed by atoms with Crippen LogP contribution in [0.4, 0.5) is 0 Å². The van der Waals surface area contributed by atoms with E-state index in [1.54, 1.807) is 0 Å². The maximum atomic E-state index is 13.0. The van der Waals surface area contributed by atoms with Crippen molar-refractivity contribution in [2.75, 3.05) is 26.4 Å². The van der Waals surface area contributed by atoms with Gasteiger partial charge in [-0.3, -0.25) is 9.59 Å². The van der Waals surface area contributed by atoms with Crippen LogP contribution in [0.5, 0.6) is 0 Å². The zero-order valence-corrected chi connectivity index (χ0v) is 39.3. The van der Waals surface area contributed by atoms with E-state index >= 15 is 0 Å². The first-order valence-corrected chi connectivity index (χ1v) is 24.9. The van der Waals surface area contributed by atoms with Gasteiger partial charge in [-0.15, -0.1) is 0 Å². The van der Waals surface area contributed by atoms with Gasteiger partial charge in [0, 0.05) is 12.8 Å². The highest BCUT2D eigenvalue weighted by Crippen LogP contribution is 2.26. The number of ether oxygens (including phenoxy) is 6. The van der Waals surface area contributed by atoms with Gasteiger partial charge in [0.2, 0.25) is 0 Å². The van der Waals surface area contributed by atoms with Gasteiger partial charge in [-0.25, -0.2) is 0 Å². The average Bonchev–Trinajstić information content (AvgIpc) is 3.29. The monoisotopic (exact) mass is 917 g/mol. The lowest BCUT2D eigenvalue weighted by molar-refractivity contribution is -0.332. The summed E-state index contributed by atoms with van der Waals surface area (Å²) in [6.07, 6.45) is 19.2. The normalized spacial score (nSPS) is 26.8. The van der Waals surface area contributed by atoms with E-state index in [1.165, 1.54) is 77.0 Å². The molecule has 2 rings (SSSR count). The molecule has 2 fully saturated rings. The quantitative estimate of drug-likeness (QED) is 0.0203. The van der Waals surface area contributed by atoms with E-state index in [4.69, 9.17) is 28.4 Å². The maximum absolute atomic E-state index is 13.0. The Labute approximate surface area is 383 Å². The van der Waals surface area contributed by atoms with Gasteiger partial charge in [0.1, 0.15) is 55.4 Å². The van der Waals surface area contributed by atoms with E-state index in [2.05, 4.69) is 38.2 Å². The second-order valence-electron chi connectivity index (χ2n) is 17.6. The first kappa shape index (κ1) is 58.1. The van der Waals surface area contributed by atoms with Crippen molar-refractivity contribution in [2.45, 2.75) is 248 Å². The zero-order valence-electron chi connectivity index (χ0n) is 39.3. The molecule has 0 aromatic carbocycles. The average molecular weight is 917 g/mol. The smallest absolute Gasteiger partial charge is 0.306 e. The van der Waals surface area contributed by atoms with Crippen molar-refractivity contribution in [3.8, 4) is 0 Å². The van der Waals surface area contributed by atoms with Crippen molar-refractivity contribution in [3.05, 3.63) is 24.3 Å². The van der Waals surface area contributed by atoms with Gasteiger partial charge in [0.05, 0.1) is 19.8 Å². The highest BCUT2D eigenvalue weighted by molar-refractivity contribution is 5.70. The summed E-state index contributed by atoms with van der Waals surface area (Å²) in [6.45, 7) is 2.55. The number of rotatable bonds is 38. The van der Waals surface area contributed by atoms with Crippen LogP contribution in [0.1, 0.15) is 181 Å². The molecule has 0 aromatic rings. The number of aliphatic hydroxyl groups is 7. The second kappa shape index (κ2) is 37.0. The Morgan fingerprint density at radius 2 is 0.938 bits per heavy atom. The molecule has 15 heteroatoms. The molecule has 0 amide bonds. The van der Waals surface area contributed by atoms with Gasteiger partial charge in [-0.1, -0.05) is 147 Å². The summed E-state index contributed by atoms with van der Waals surface area (Å²) in [6, 6.07) is 0. The van der Waals surface area contributed by atoms with Gasteiger partial charge in [-0.2, -0.15) is 0 Å². The molecule has 11 atom stereocenters. The summed E-state index contributed by atoms with van der Waals surface area (Å²) >= 11 is 0. The molecule has 374 valence electrons. The minimum Gasteiger partial charge on any atom is -0.462 e. The van der Waals surface area contributed by atoms with Crippen molar-refractivity contribution in [3.63, 3.8) is 0 Å². The molecule has 0 saturated carbocycles. The molecule has 2 aliphatic rings. The van der Waals surface area contributed by atoms with E-state index in [-0.39, 0.29) is 26.1 Å². The molecule has 7 N–H and O–H groups in total. The molecule has 0 bridgehead atoms. The van der Waals surface area contributed by atoms with Gasteiger partial charge in [-0.05, 0) is 44.9 Å². The molecule has 2 saturated heterocycles. The van der Waals surface area contributed by atoms with Crippen molar-refractivity contribution >= 4 is 11.9 Å². The van der Waals surface area contributed by atoms with Gasteiger partial charge in [0.15, 0.2) is 18.7 Å².